The van der Waals surface area contributed by atoms with Gasteiger partial charge in [-0.05, 0) is 56.6 Å². The summed E-state index contributed by atoms with van der Waals surface area (Å²) in [6.45, 7) is 3.82. The number of hydrogen-bond donors (Lipinski definition) is 0. The van der Waals surface area contributed by atoms with Gasteiger partial charge in [-0.2, -0.15) is 0 Å². The van der Waals surface area contributed by atoms with E-state index in [1.54, 1.807) is 0 Å². The highest BCUT2D eigenvalue weighted by Gasteiger charge is 2.17. The molecule has 19 heavy (non-hydrogen) atoms. The third kappa shape index (κ3) is 4.84. The minimum absolute atomic E-state index is 0.279. The molecule has 1 aromatic carbocycles. The van der Waals surface area contributed by atoms with Gasteiger partial charge in [0.1, 0.15) is 12.0 Å². The molecule has 0 aliphatic carbocycles. The van der Waals surface area contributed by atoms with Crippen molar-refractivity contribution in [1.29, 1.82) is 0 Å². The van der Waals surface area contributed by atoms with Crippen LogP contribution in [0.5, 0.6) is 5.75 Å². The molecule has 0 amide bonds. The number of benzene rings is 1. The van der Waals surface area contributed by atoms with Gasteiger partial charge in [-0.3, -0.25) is 0 Å². The molecule has 1 aliphatic rings. The fourth-order valence-electron chi connectivity index (χ4n) is 2.32. The molecule has 0 unspecified atom stereocenters. The highest BCUT2D eigenvalue weighted by atomic mass is 35.5. The number of nitrogens with zero attached hydrogens (tertiary/aromatic N) is 1. The highest BCUT2D eigenvalue weighted by molar-refractivity contribution is 6.30. The van der Waals surface area contributed by atoms with E-state index in [0.29, 0.717) is 0 Å². The average Bonchev–Trinajstić information content (AvgIpc) is 2.46. The Morgan fingerprint density at radius 3 is 2.58 bits per heavy atom. The van der Waals surface area contributed by atoms with E-state index >= 15 is 0 Å². The molecular formula is C15H20ClNO2. The normalized spacial score (nSPS) is 17.3. The number of likely N-dealkylation sites (tertiary alicyclic amines) is 1. The second-order valence-corrected chi connectivity index (χ2v) is 5.41. The first kappa shape index (κ1) is 14.4. The molecule has 0 atom stereocenters. The molecule has 1 aromatic rings. The van der Waals surface area contributed by atoms with Crippen LogP contribution in [-0.4, -0.2) is 37.4 Å². The Balaban J connectivity index is 1.59. The lowest BCUT2D eigenvalue weighted by atomic mass is 9.98. The molecule has 1 aliphatic heterocycles. The van der Waals surface area contributed by atoms with Crippen LogP contribution in [-0.2, 0) is 4.79 Å². The number of halogens is 1. The van der Waals surface area contributed by atoms with E-state index in [1.807, 2.05) is 24.3 Å². The maximum atomic E-state index is 10.7. The zero-order valence-corrected chi connectivity index (χ0v) is 11.8. The van der Waals surface area contributed by atoms with E-state index < -0.39 is 0 Å². The summed E-state index contributed by atoms with van der Waals surface area (Å²) in [7, 11) is 0. The van der Waals surface area contributed by atoms with Gasteiger partial charge in [0.05, 0.1) is 6.61 Å². The lowest BCUT2D eigenvalue weighted by molar-refractivity contribution is -0.112. The first-order valence-electron chi connectivity index (χ1n) is 6.84. The molecule has 0 aromatic heterocycles. The van der Waals surface area contributed by atoms with E-state index in [4.69, 9.17) is 16.3 Å². The Labute approximate surface area is 119 Å². The standard InChI is InChI=1S/C15H20ClNO2/c16-14-2-4-15(5-3-14)19-11-1-8-17-9-6-13(12-18)7-10-17/h2-5,12-13H,1,6-11H2. The number of carbonyl (C=O) groups excluding carboxylic acids is 1. The van der Waals surface area contributed by atoms with Gasteiger partial charge < -0.3 is 14.4 Å². The quantitative estimate of drug-likeness (QED) is 0.593. The average molecular weight is 282 g/mol. The first-order valence-corrected chi connectivity index (χ1v) is 7.22. The van der Waals surface area contributed by atoms with E-state index in [1.165, 1.54) is 0 Å². The van der Waals surface area contributed by atoms with Crippen molar-refractivity contribution in [1.82, 2.24) is 4.90 Å². The monoisotopic (exact) mass is 281 g/mol. The van der Waals surface area contributed by atoms with Gasteiger partial charge in [-0.25, -0.2) is 0 Å². The van der Waals surface area contributed by atoms with Gasteiger partial charge in [0, 0.05) is 17.5 Å². The number of ether oxygens (including phenoxy) is 1. The van der Waals surface area contributed by atoms with Crippen LogP contribution in [0.4, 0.5) is 0 Å². The summed E-state index contributed by atoms with van der Waals surface area (Å²) < 4.78 is 5.65. The van der Waals surface area contributed by atoms with Gasteiger partial charge in [0.15, 0.2) is 0 Å². The molecule has 0 bridgehead atoms. The molecule has 104 valence electrons. The van der Waals surface area contributed by atoms with Crippen molar-refractivity contribution in [3.05, 3.63) is 29.3 Å². The summed E-state index contributed by atoms with van der Waals surface area (Å²) in [5, 5.41) is 0.727. The number of rotatable bonds is 6. The molecule has 1 heterocycles. The van der Waals surface area contributed by atoms with Crippen LogP contribution in [0.3, 0.4) is 0 Å². The molecule has 0 radical (unpaired) electrons. The van der Waals surface area contributed by atoms with Crippen LogP contribution in [0, 0.1) is 5.92 Å². The molecule has 0 spiro atoms. The largest absolute Gasteiger partial charge is 0.494 e. The van der Waals surface area contributed by atoms with Crippen molar-refractivity contribution < 1.29 is 9.53 Å². The van der Waals surface area contributed by atoms with Crippen LogP contribution in [0.25, 0.3) is 0 Å². The van der Waals surface area contributed by atoms with Crippen molar-refractivity contribution in [2.45, 2.75) is 19.3 Å². The lowest BCUT2D eigenvalue weighted by Crippen LogP contribution is -2.35. The lowest BCUT2D eigenvalue weighted by Gasteiger charge is -2.29. The second-order valence-electron chi connectivity index (χ2n) is 4.97. The summed E-state index contributed by atoms with van der Waals surface area (Å²) in [5.41, 5.74) is 0. The van der Waals surface area contributed by atoms with Crippen molar-refractivity contribution >= 4 is 17.9 Å². The zero-order valence-electron chi connectivity index (χ0n) is 11.1. The topological polar surface area (TPSA) is 29.5 Å². The Bertz CT molecular complexity index is 386. The van der Waals surface area contributed by atoms with Crippen LogP contribution < -0.4 is 4.74 Å². The maximum Gasteiger partial charge on any atom is 0.123 e. The molecular weight excluding hydrogens is 262 g/mol. The van der Waals surface area contributed by atoms with Gasteiger partial charge >= 0.3 is 0 Å². The highest BCUT2D eigenvalue weighted by Crippen LogP contribution is 2.17. The number of hydrogen-bond acceptors (Lipinski definition) is 3. The second kappa shape index (κ2) is 7.51. The van der Waals surface area contributed by atoms with Crippen molar-refractivity contribution in [2.75, 3.05) is 26.2 Å². The minimum Gasteiger partial charge on any atom is -0.494 e. The van der Waals surface area contributed by atoms with E-state index in [2.05, 4.69) is 4.90 Å². The molecule has 1 fully saturated rings. The predicted octanol–water partition coefficient (Wildman–Crippen LogP) is 3.02. The summed E-state index contributed by atoms with van der Waals surface area (Å²) in [4.78, 5) is 13.1. The molecule has 4 heteroatoms. The van der Waals surface area contributed by atoms with Crippen LogP contribution in [0.15, 0.2) is 24.3 Å². The Kier molecular flexibility index (Phi) is 5.67. The van der Waals surface area contributed by atoms with Crippen molar-refractivity contribution in [3.8, 4) is 5.75 Å². The summed E-state index contributed by atoms with van der Waals surface area (Å²) in [6.07, 6.45) is 4.11. The van der Waals surface area contributed by atoms with Crippen LogP contribution in [0.1, 0.15) is 19.3 Å². The van der Waals surface area contributed by atoms with Crippen molar-refractivity contribution in [3.63, 3.8) is 0 Å². The number of carbonyl (C=O) groups is 1. The van der Waals surface area contributed by atoms with Gasteiger partial charge in [0.2, 0.25) is 0 Å². The first-order chi connectivity index (χ1) is 9.28. The van der Waals surface area contributed by atoms with Gasteiger partial charge in [-0.1, -0.05) is 11.6 Å². The Hall–Kier alpha value is -1.06. The maximum absolute atomic E-state index is 10.7. The summed E-state index contributed by atoms with van der Waals surface area (Å²) >= 11 is 5.81. The van der Waals surface area contributed by atoms with Crippen molar-refractivity contribution in [2.24, 2.45) is 5.92 Å². The third-order valence-corrected chi connectivity index (χ3v) is 3.78. The molecule has 2 rings (SSSR count). The number of piperidine rings is 1. The number of aldehydes is 1. The Morgan fingerprint density at radius 2 is 1.95 bits per heavy atom. The molecule has 3 nitrogen and oxygen atoms in total. The third-order valence-electron chi connectivity index (χ3n) is 3.53. The zero-order chi connectivity index (χ0) is 13.5. The summed E-state index contributed by atoms with van der Waals surface area (Å²) in [5.74, 6) is 1.14. The van der Waals surface area contributed by atoms with E-state index in [9.17, 15) is 4.79 Å². The van der Waals surface area contributed by atoms with Gasteiger partial charge in [-0.15, -0.1) is 0 Å². The van der Waals surface area contributed by atoms with E-state index in [-0.39, 0.29) is 5.92 Å². The predicted molar refractivity (Wildman–Crippen MR) is 76.8 cm³/mol. The van der Waals surface area contributed by atoms with E-state index in [0.717, 1.165) is 62.6 Å². The fraction of sp³-hybridized carbons (Fsp3) is 0.533. The summed E-state index contributed by atoms with van der Waals surface area (Å²) in [6, 6.07) is 7.44. The van der Waals surface area contributed by atoms with Crippen LogP contribution in [0.2, 0.25) is 5.02 Å². The fourth-order valence-corrected chi connectivity index (χ4v) is 2.45. The van der Waals surface area contributed by atoms with Crippen LogP contribution >= 0.6 is 11.6 Å². The molecule has 0 N–H and O–H groups in total. The molecule has 0 saturated carbocycles. The molecule has 1 saturated heterocycles. The Morgan fingerprint density at radius 1 is 1.26 bits per heavy atom. The van der Waals surface area contributed by atoms with Gasteiger partial charge in [0.25, 0.3) is 0 Å². The SMILES string of the molecule is O=CC1CCN(CCCOc2ccc(Cl)cc2)CC1. The smallest absolute Gasteiger partial charge is 0.123 e. The minimum atomic E-state index is 0.279.